The van der Waals surface area contributed by atoms with Crippen LogP contribution in [0.4, 0.5) is 10.1 Å². The Bertz CT molecular complexity index is 1070. The first kappa shape index (κ1) is 20.2. The van der Waals surface area contributed by atoms with Crippen LogP contribution in [-0.4, -0.2) is 38.0 Å². The third-order valence-electron chi connectivity index (χ3n) is 4.49. The van der Waals surface area contributed by atoms with Crippen LogP contribution in [0.3, 0.4) is 0 Å². The van der Waals surface area contributed by atoms with Gasteiger partial charge in [-0.3, -0.25) is 14.2 Å². The minimum absolute atomic E-state index is 0.0798. The van der Waals surface area contributed by atoms with Crippen LogP contribution < -0.4 is 5.32 Å². The standard InChI is InChI=1S/C20H22FN5O3/c1-5-29-20(28)17-10-16(24-25(17)4)19(27)22-18-12(2)23-26(13(18)3)11-14-8-6-7-9-15(14)21/h6-10H,5,11H2,1-4H3,(H,22,27). The maximum absolute atomic E-state index is 13.9. The van der Waals surface area contributed by atoms with Crippen molar-refractivity contribution in [1.82, 2.24) is 19.6 Å². The summed E-state index contributed by atoms with van der Waals surface area (Å²) in [5, 5.41) is 11.3. The van der Waals surface area contributed by atoms with E-state index in [-0.39, 0.29) is 30.4 Å². The Labute approximate surface area is 167 Å². The van der Waals surface area contributed by atoms with Crippen molar-refractivity contribution >= 4 is 17.6 Å². The number of aromatic nitrogens is 4. The van der Waals surface area contributed by atoms with Gasteiger partial charge in [-0.2, -0.15) is 10.2 Å². The number of halogens is 1. The molecule has 0 spiro atoms. The monoisotopic (exact) mass is 399 g/mol. The molecule has 9 heteroatoms. The molecule has 0 saturated carbocycles. The van der Waals surface area contributed by atoms with Crippen LogP contribution >= 0.6 is 0 Å². The van der Waals surface area contributed by atoms with Gasteiger partial charge in [-0.25, -0.2) is 9.18 Å². The summed E-state index contributed by atoms with van der Waals surface area (Å²) < 4.78 is 21.8. The first-order valence-electron chi connectivity index (χ1n) is 9.11. The zero-order valence-electron chi connectivity index (χ0n) is 16.7. The van der Waals surface area contributed by atoms with Crippen molar-refractivity contribution in [2.75, 3.05) is 11.9 Å². The molecule has 0 aliphatic carbocycles. The number of anilines is 1. The Morgan fingerprint density at radius 3 is 2.62 bits per heavy atom. The lowest BCUT2D eigenvalue weighted by molar-refractivity contribution is 0.0513. The van der Waals surface area contributed by atoms with E-state index in [9.17, 15) is 14.0 Å². The van der Waals surface area contributed by atoms with Crippen LogP contribution in [0.1, 0.15) is 44.9 Å². The van der Waals surface area contributed by atoms with Crippen molar-refractivity contribution in [3.8, 4) is 0 Å². The molecule has 0 aliphatic heterocycles. The highest BCUT2D eigenvalue weighted by molar-refractivity contribution is 6.04. The first-order chi connectivity index (χ1) is 13.8. The van der Waals surface area contributed by atoms with Crippen LogP contribution in [0.15, 0.2) is 30.3 Å². The minimum Gasteiger partial charge on any atom is -0.461 e. The van der Waals surface area contributed by atoms with Crippen LogP contribution in [0, 0.1) is 19.7 Å². The van der Waals surface area contributed by atoms with E-state index in [1.165, 1.54) is 16.8 Å². The number of rotatable bonds is 6. The smallest absolute Gasteiger partial charge is 0.356 e. The number of nitrogens with zero attached hydrogens (tertiary/aromatic N) is 4. The third-order valence-corrected chi connectivity index (χ3v) is 4.49. The van der Waals surface area contributed by atoms with Crippen molar-refractivity contribution in [3.63, 3.8) is 0 Å². The number of amides is 1. The van der Waals surface area contributed by atoms with E-state index in [2.05, 4.69) is 15.5 Å². The zero-order valence-corrected chi connectivity index (χ0v) is 16.7. The molecule has 8 nitrogen and oxygen atoms in total. The third kappa shape index (κ3) is 4.18. The number of benzene rings is 1. The first-order valence-corrected chi connectivity index (χ1v) is 9.11. The number of aryl methyl sites for hydroxylation is 2. The zero-order chi connectivity index (χ0) is 21.1. The van der Waals surface area contributed by atoms with Gasteiger partial charge in [0.1, 0.15) is 11.5 Å². The Kier molecular flexibility index (Phi) is 5.76. The Balaban J connectivity index is 1.81. The van der Waals surface area contributed by atoms with E-state index < -0.39 is 11.9 Å². The topological polar surface area (TPSA) is 91.0 Å². The molecule has 0 radical (unpaired) electrons. The second-order valence-corrected chi connectivity index (χ2v) is 6.51. The highest BCUT2D eigenvalue weighted by Crippen LogP contribution is 2.22. The van der Waals surface area contributed by atoms with E-state index in [0.29, 0.717) is 22.6 Å². The molecule has 1 amide bonds. The summed E-state index contributed by atoms with van der Waals surface area (Å²) in [6, 6.07) is 7.85. The highest BCUT2D eigenvalue weighted by atomic mass is 19.1. The number of esters is 1. The number of carbonyl (C=O) groups is 2. The summed E-state index contributed by atoms with van der Waals surface area (Å²) in [5.74, 6) is -1.34. The molecule has 3 rings (SSSR count). The quantitative estimate of drug-likeness (QED) is 0.644. The fourth-order valence-corrected chi connectivity index (χ4v) is 2.97. The molecule has 1 N–H and O–H groups in total. The predicted molar refractivity (Wildman–Crippen MR) is 104 cm³/mol. The van der Waals surface area contributed by atoms with Crippen molar-refractivity contribution in [3.05, 3.63) is 64.5 Å². The van der Waals surface area contributed by atoms with Crippen molar-refractivity contribution in [2.45, 2.75) is 27.3 Å². The van der Waals surface area contributed by atoms with E-state index in [4.69, 9.17) is 4.74 Å². The molecule has 0 atom stereocenters. The summed E-state index contributed by atoms with van der Waals surface area (Å²) in [7, 11) is 1.56. The SMILES string of the molecule is CCOC(=O)c1cc(C(=O)Nc2c(C)nn(Cc3ccccc3F)c2C)nn1C. The largest absolute Gasteiger partial charge is 0.461 e. The summed E-state index contributed by atoms with van der Waals surface area (Å²) in [5.41, 5.74) is 2.56. The van der Waals surface area contributed by atoms with Gasteiger partial charge >= 0.3 is 5.97 Å². The van der Waals surface area contributed by atoms with Crippen LogP contribution in [0.5, 0.6) is 0 Å². The molecule has 0 saturated heterocycles. The van der Waals surface area contributed by atoms with Gasteiger partial charge in [0.25, 0.3) is 5.91 Å². The van der Waals surface area contributed by atoms with E-state index >= 15 is 0 Å². The normalized spacial score (nSPS) is 10.8. The van der Waals surface area contributed by atoms with Crippen molar-refractivity contribution < 1.29 is 18.7 Å². The molecule has 2 heterocycles. The van der Waals surface area contributed by atoms with Crippen molar-refractivity contribution in [1.29, 1.82) is 0 Å². The lowest BCUT2D eigenvalue weighted by Gasteiger charge is -2.07. The fourth-order valence-electron chi connectivity index (χ4n) is 2.97. The van der Waals surface area contributed by atoms with Gasteiger partial charge in [0.15, 0.2) is 5.69 Å². The van der Waals surface area contributed by atoms with Gasteiger partial charge in [-0.05, 0) is 26.8 Å². The molecular weight excluding hydrogens is 377 g/mol. The number of ether oxygens (including phenoxy) is 1. The Morgan fingerprint density at radius 2 is 1.93 bits per heavy atom. The summed E-state index contributed by atoms with van der Waals surface area (Å²) in [6.45, 7) is 5.71. The average molecular weight is 399 g/mol. The Hall–Kier alpha value is -3.49. The number of hydrogen-bond donors (Lipinski definition) is 1. The van der Waals surface area contributed by atoms with Crippen LogP contribution in [0.2, 0.25) is 0 Å². The highest BCUT2D eigenvalue weighted by Gasteiger charge is 2.21. The molecule has 2 aromatic heterocycles. The summed E-state index contributed by atoms with van der Waals surface area (Å²) in [4.78, 5) is 24.6. The van der Waals surface area contributed by atoms with Gasteiger partial charge in [0, 0.05) is 18.7 Å². The molecule has 29 heavy (non-hydrogen) atoms. The number of nitrogens with one attached hydrogen (secondary N) is 1. The lowest BCUT2D eigenvalue weighted by Crippen LogP contribution is -2.14. The van der Waals surface area contributed by atoms with Gasteiger partial charge in [0.05, 0.1) is 30.2 Å². The lowest BCUT2D eigenvalue weighted by atomic mass is 10.2. The molecule has 0 fully saturated rings. The molecule has 3 aromatic rings. The van der Waals surface area contributed by atoms with Crippen LogP contribution in [0.25, 0.3) is 0 Å². The summed E-state index contributed by atoms with van der Waals surface area (Å²) in [6.07, 6.45) is 0. The molecule has 0 aliphatic rings. The molecule has 0 unspecified atom stereocenters. The van der Waals surface area contributed by atoms with Crippen molar-refractivity contribution in [2.24, 2.45) is 7.05 Å². The fraction of sp³-hybridized carbons (Fsp3) is 0.300. The van der Waals surface area contributed by atoms with Gasteiger partial charge in [0.2, 0.25) is 0 Å². The van der Waals surface area contributed by atoms with Crippen LogP contribution in [-0.2, 0) is 18.3 Å². The van der Waals surface area contributed by atoms with E-state index in [1.807, 2.05) is 0 Å². The minimum atomic E-state index is -0.549. The van der Waals surface area contributed by atoms with Gasteiger partial charge in [-0.15, -0.1) is 0 Å². The number of hydrogen-bond acceptors (Lipinski definition) is 5. The second kappa shape index (κ2) is 8.26. The Morgan fingerprint density at radius 1 is 1.21 bits per heavy atom. The summed E-state index contributed by atoms with van der Waals surface area (Å²) >= 11 is 0. The molecule has 0 bridgehead atoms. The van der Waals surface area contributed by atoms with Gasteiger partial charge < -0.3 is 10.1 Å². The maximum atomic E-state index is 13.9. The predicted octanol–water partition coefficient (Wildman–Crippen LogP) is 2.85. The molecule has 152 valence electrons. The second-order valence-electron chi connectivity index (χ2n) is 6.51. The molecule has 1 aromatic carbocycles. The van der Waals surface area contributed by atoms with Gasteiger partial charge in [-0.1, -0.05) is 18.2 Å². The van der Waals surface area contributed by atoms with E-state index in [1.54, 1.807) is 50.7 Å². The van der Waals surface area contributed by atoms with E-state index in [0.717, 1.165) is 0 Å². The average Bonchev–Trinajstić information content (AvgIpc) is 3.19. The number of carbonyl (C=O) groups excluding carboxylic acids is 2. The maximum Gasteiger partial charge on any atom is 0.356 e. The molecular formula is C20H22FN5O3.